The van der Waals surface area contributed by atoms with Crippen LogP contribution in [-0.4, -0.2) is 34.9 Å². The van der Waals surface area contributed by atoms with Crippen molar-refractivity contribution in [2.75, 3.05) is 7.05 Å². The summed E-state index contributed by atoms with van der Waals surface area (Å²) < 4.78 is 0. The lowest BCUT2D eigenvalue weighted by atomic mass is 10.2. The summed E-state index contributed by atoms with van der Waals surface area (Å²) in [5.41, 5.74) is 7.15. The van der Waals surface area contributed by atoms with Gasteiger partial charge in [-0.3, -0.25) is 5.41 Å². The first-order valence-corrected chi connectivity index (χ1v) is 5.07. The molecular weight excluding hydrogens is 218 g/mol. The maximum absolute atomic E-state index is 9.16. The molecule has 1 atom stereocenters. The second-order valence-electron chi connectivity index (χ2n) is 3.65. The number of aliphatic imine (C=N–C) groups is 1. The molecule has 1 aliphatic rings. The Morgan fingerprint density at radius 3 is 2.53 bits per heavy atom. The number of hydrogen-bond donors (Lipinski definition) is 3. The van der Waals surface area contributed by atoms with Crippen LogP contribution in [0.3, 0.4) is 0 Å². The molecule has 0 aliphatic carbocycles. The van der Waals surface area contributed by atoms with Crippen LogP contribution >= 0.6 is 0 Å². The van der Waals surface area contributed by atoms with Gasteiger partial charge in [0.1, 0.15) is 11.9 Å². The maximum Gasteiger partial charge on any atom is 0.169 e. The van der Waals surface area contributed by atoms with Crippen molar-refractivity contribution in [1.29, 1.82) is 5.41 Å². The average molecular weight is 231 g/mol. The van der Waals surface area contributed by atoms with Crippen molar-refractivity contribution >= 4 is 23.4 Å². The summed E-state index contributed by atoms with van der Waals surface area (Å²) in [5, 5.41) is 22.2. The van der Waals surface area contributed by atoms with E-state index in [0.717, 1.165) is 0 Å². The molecule has 0 amide bonds. The predicted octanol–water partition coefficient (Wildman–Crippen LogP) is 0.617. The third-order valence-electron chi connectivity index (χ3n) is 2.40. The molecule has 0 radical (unpaired) electrons. The van der Waals surface area contributed by atoms with E-state index in [0.29, 0.717) is 17.0 Å². The number of nitrogens with zero attached hydrogens (tertiary/aromatic N) is 3. The Bertz CT molecular complexity index is 489. The van der Waals surface area contributed by atoms with Crippen LogP contribution in [0.15, 0.2) is 34.4 Å². The minimum absolute atomic E-state index is 0.257. The fourth-order valence-electron chi connectivity index (χ4n) is 1.39. The molecule has 0 saturated carbocycles. The third-order valence-corrected chi connectivity index (χ3v) is 2.40. The van der Waals surface area contributed by atoms with Crippen molar-refractivity contribution in [1.82, 2.24) is 5.01 Å². The second-order valence-corrected chi connectivity index (χ2v) is 3.65. The summed E-state index contributed by atoms with van der Waals surface area (Å²) in [5.74, 6) is 0.257. The number of amidine groups is 1. The Morgan fingerprint density at radius 1 is 1.41 bits per heavy atom. The molecular formula is C11H13N5O. The fourth-order valence-corrected chi connectivity index (χ4v) is 1.39. The lowest BCUT2D eigenvalue weighted by Gasteiger charge is -2.06. The summed E-state index contributed by atoms with van der Waals surface area (Å²) in [6.07, 6.45) is 0.558. The van der Waals surface area contributed by atoms with Crippen LogP contribution in [0.1, 0.15) is 11.8 Å². The quantitative estimate of drug-likeness (QED) is 0.650. The predicted molar refractivity (Wildman–Crippen MR) is 66.7 cm³/mol. The first-order chi connectivity index (χ1) is 8.08. The van der Waals surface area contributed by atoms with E-state index >= 15 is 0 Å². The Labute approximate surface area is 98.6 Å². The van der Waals surface area contributed by atoms with Crippen LogP contribution in [0.25, 0.3) is 0 Å². The van der Waals surface area contributed by atoms with Gasteiger partial charge in [-0.2, -0.15) is 5.10 Å². The van der Waals surface area contributed by atoms with Crippen LogP contribution < -0.4 is 5.73 Å². The van der Waals surface area contributed by atoms with E-state index in [-0.39, 0.29) is 5.84 Å². The average Bonchev–Trinajstić information content (AvgIpc) is 2.62. The Morgan fingerprint density at radius 2 is 2.06 bits per heavy atom. The van der Waals surface area contributed by atoms with Gasteiger partial charge in [-0.25, -0.2) is 10.0 Å². The van der Waals surface area contributed by atoms with Crippen molar-refractivity contribution in [2.45, 2.75) is 6.23 Å². The van der Waals surface area contributed by atoms with E-state index in [9.17, 15) is 0 Å². The molecule has 6 nitrogen and oxygen atoms in total. The largest absolute Gasteiger partial charge is 0.375 e. The SMILES string of the molecule is CN1N=CC(=Nc2ccc(C(N)O)cc2)C1=N. The fraction of sp³-hybridized carbons (Fsp3) is 0.182. The molecule has 88 valence electrons. The zero-order chi connectivity index (χ0) is 12.4. The molecule has 6 heteroatoms. The first-order valence-electron chi connectivity index (χ1n) is 5.07. The zero-order valence-corrected chi connectivity index (χ0v) is 9.33. The Kier molecular flexibility index (Phi) is 2.99. The van der Waals surface area contributed by atoms with Gasteiger partial charge in [-0.15, -0.1) is 0 Å². The summed E-state index contributed by atoms with van der Waals surface area (Å²) in [6.45, 7) is 0. The van der Waals surface area contributed by atoms with Gasteiger partial charge in [-0.1, -0.05) is 12.1 Å². The van der Waals surface area contributed by atoms with Crippen molar-refractivity contribution in [3.8, 4) is 0 Å². The summed E-state index contributed by atoms with van der Waals surface area (Å²) in [6, 6.07) is 6.86. The Balaban J connectivity index is 2.22. The number of aliphatic hydroxyl groups excluding tert-OH is 1. The highest BCUT2D eigenvalue weighted by Crippen LogP contribution is 2.16. The number of rotatable bonds is 2. The maximum atomic E-state index is 9.16. The van der Waals surface area contributed by atoms with E-state index in [1.165, 1.54) is 11.2 Å². The van der Waals surface area contributed by atoms with E-state index in [4.69, 9.17) is 16.2 Å². The highest BCUT2D eigenvalue weighted by molar-refractivity contribution is 6.63. The van der Waals surface area contributed by atoms with Crippen LogP contribution in [0, 0.1) is 5.41 Å². The van der Waals surface area contributed by atoms with E-state index < -0.39 is 6.23 Å². The molecule has 1 unspecified atom stereocenters. The van der Waals surface area contributed by atoms with Gasteiger partial charge >= 0.3 is 0 Å². The first kappa shape index (κ1) is 11.4. The number of nitrogens with two attached hydrogens (primary N) is 1. The normalized spacial score (nSPS) is 19.1. The van der Waals surface area contributed by atoms with Crippen molar-refractivity contribution in [2.24, 2.45) is 15.8 Å². The standard InChI is InChI=1S/C11H13N5O/c1-16-10(12)9(6-14-16)15-8-4-2-7(3-5-8)11(13)17/h2-6,11-12,17H,13H2,1H3. The van der Waals surface area contributed by atoms with Crippen molar-refractivity contribution in [3.63, 3.8) is 0 Å². The molecule has 0 fully saturated rings. The van der Waals surface area contributed by atoms with Gasteiger partial charge in [0.05, 0.1) is 11.9 Å². The van der Waals surface area contributed by atoms with Gasteiger partial charge < -0.3 is 10.8 Å². The summed E-state index contributed by atoms with van der Waals surface area (Å²) in [7, 11) is 1.69. The Hall–Kier alpha value is -2.05. The van der Waals surface area contributed by atoms with Crippen molar-refractivity contribution < 1.29 is 5.11 Å². The lowest BCUT2D eigenvalue weighted by Crippen LogP contribution is -2.21. The third kappa shape index (κ3) is 2.38. The van der Waals surface area contributed by atoms with Crippen LogP contribution in [0.5, 0.6) is 0 Å². The smallest absolute Gasteiger partial charge is 0.169 e. The molecule has 1 aromatic carbocycles. The molecule has 1 aliphatic heterocycles. The topological polar surface area (TPSA) is 98.1 Å². The summed E-state index contributed by atoms with van der Waals surface area (Å²) in [4.78, 5) is 4.27. The monoisotopic (exact) mass is 231 g/mol. The highest BCUT2D eigenvalue weighted by atomic mass is 16.3. The molecule has 1 aromatic rings. The molecule has 0 saturated heterocycles. The van der Waals surface area contributed by atoms with E-state index in [2.05, 4.69) is 10.1 Å². The van der Waals surface area contributed by atoms with Gasteiger partial charge in [0, 0.05) is 7.05 Å². The second kappa shape index (κ2) is 4.44. The molecule has 2 rings (SSSR count). The van der Waals surface area contributed by atoms with Gasteiger partial charge in [-0.05, 0) is 17.7 Å². The number of hydrazone groups is 1. The van der Waals surface area contributed by atoms with Gasteiger partial charge in [0.25, 0.3) is 0 Å². The van der Waals surface area contributed by atoms with Crippen LogP contribution in [-0.2, 0) is 0 Å². The molecule has 4 N–H and O–H groups in total. The molecule has 0 bridgehead atoms. The summed E-state index contributed by atoms with van der Waals surface area (Å²) >= 11 is 0. The van der Waals surface area contributed by atoms with Crippen LogP contribution in [0.2, 0.25) is 0 Å². The van der Waals surface area contributed by atoms with Crippen molar-refractivity contribution in [3.05, 3.63) is 29.8 Å². The van der Waals surface area contributed by atoms with E-state index in [1.54, 1.807) is 31.3 Å². The van der Waals surface area contributed by atoms with Crippen LogP contribution in [0.4, 0.5) is 5.69 Å². The number of aliphatic hydroxyl groups is 1. The molecule has 17 heavy (non-hydrogen) atoms. The minimum atomic E-state index is -0.978. The molecule has 0 aromatic heterocycles. The van der Waals surface area contributed by atoms with Gasteiger partial charge in [0.2, 0.25) is 0 Å². The number of nitrogens with one attached hydrogen (secondary N) is 1. The molecule has 1 heterocycles. The minimum Gasteiger partial charge on any atom is -0.375 e. The molecule has 0 spiro atoms. The number of benzene rings is 1. The van der Waals surface area contributed by atoms with E-state index in [1.807, 2.05) is 0 Å². The highest BCUT2D eigenvalue weighted by Gasteiger charge is 2.15. The number of hydrogen-bond acceptors (Lipinski definition) is 5. The zero-order valence-electron chi connectivity index (χ0n) is 9.33. The lowest BCUT2D eigenvalue weighted by molar-refractivity contribution is 0.186. The van der Waals surface area contributed by atoms with Gasteiger partial charge in [0.15, 0.2) is 5.84 Å².